The number of thioether (sulfide) groups is 1. The molecule has 1 aliphatic heterocycles. The number of nitriles is 1. The number of ether oxygens (including phenoxy) is 1. The van der Waals surface area contributed by atoms with Gasteiger partial charge in [-0.1, -0.05) is 49.1 Å². The summed E-state index contributed by atoms with van der Waals surface area (Å²) in [6.45, 7) is 4.05. The summed E-state index contributed by atoms with van der Waals surface area (Å²) in [5.41, 5.74) is 9.08. The van der Waals surface area contributed by atoms with E-state index < -0.39 is 5.92 Å². The van der Waals surface area contributed by atoms with Crippen LogP contribution in [0.25, 0.3) is 0 Å². The van der Waals surface area contributed by atoms with Crippen LogP contribution in [0.4, 0.5) is 15.2 Å². The molecule has 3 N–H and O–H groups in total. The van der Waals surface area contributed by atoms with E-state index in [0.717, 1.165) is 5.56 Å². The zero-order valence-corrected chi connectivity index (χ0v) is 24.2. The number of aromatic nitrogens is 2. The molecule has 5 rings (SSSR count). The summed E-state index contributed by atoms with van der Waals surface area (Å²) in [7, 11) is 1.58. The second-order valence-corrected chi connectivity index (χ2v) is 12.6. The first-order chi connectivity index (χ1) is 19.6. The molecule has 0 saturated heterocycles. The number of methoxy groups -OCH3 is 1. The van der Waals surface area contributed by atoms with E-state index in [2.05, 4.69) is 21.6 Å². The van der Waals surface area contributed by atoms with E-state index in [4.69, 9.17) is 10.5 Å². The Labute approximate surface area is 244 Å². The SMILES string of the molecule is COc1ccc(C2C(C#N)=C(N)N(c3nnc(SCC(=O)Nc4ccc(F)cc4)s3)C3=C2C(=O)CC(C)(C)C3)cc1. The van der Waals surface area contributed by atoms with Gasteiger partial charge in [-0.2, -0.15) is 5.26 Å². The van der Waals surface area contributed by atoms with Crippen molar-refractivity contribution in [3.63, 3.8) is 0 Å². The maximum Gasteiger partial charge on any atom is 0.234 e. The topological polar surface area (TPSA) is 134 Å². The Morgan fingerprint density at radius 1 is 1.22 bits per heavy atom. The number of nitrogens with one attached hydrogen (secondary N) is 1. The van der Waals surface area contributed by atoms with E-state index in [9.17, 15) is 19.2 Å². The molecule has 210 valence electrons. The molecule has 9 nitrogen and oxygen atoms in total. The maximum atomic E-state index is 13.7. The number of nitrogens with two attached hydrogens (primary N) is 1. The fraction of sp³-hybridized carbons (Fsp3) is 0.276. The molecule has 12 heteroatoms. The molecule has 0 spiro atoms. The third kappa shape index (κ3) is 5.82. The van der Waals surface area contributed by atoms with Gasteiger partial charge in [-0.05, 0) is 53.8 Å². The monoisotopic (exact) mass is 590 g/mol. The zero-order chi connectivity index (χ0) is 29.3. The molecular formula is C29H27FN6O3S2. The van der Waals surface area contributed by atoms with Gasteiger partial charge in [0.1, 0.15) is 17.4 Å². The number of Topliss-reactive ketones (excluding diaryl/α,β-unsaturated/α-hetero) is 1. The number of nitrogens with zero attached hydrogens (tertiary/aromatic N) is 4. The van der Waals surface area contributed by atoms with Crippen LogP contribution in [-0.2, 0) is 9.59 Å². The Hall–Kier alpha value is -4.21. The lowest BCUT2D eigenvalue weighted by atomic mass is 9.68. The predicted octanol–water partition coefficient (Wildman–Crippen LogP) is 5.36. The van der Waals surface area contributed by atoms with E-state index in [1.165, 1.54) is 47.4 Å². The summed E-state index contributed by atoms with van der Waals surface area (Å²) < 4.78 is 18.9. The molecule has 1 aliphatic carbocycles. The molecule has 3 aromatic rings. The molecule has 41 heavy (non-hydrogen) atoms. The predicted molar refractivity (Wildman–Crippen MR) is 156 cm³/mol. The number of benzene rings is 2. The Balaban J connectivity index is 1.46. The number of rotatable bonds is 7. The van der Waals surface area contributed by atoms with Crippen molar-refractivity contribution in [3.05, 3.63) is 82.6 Å². The van der Waals surface area contributed by atoms with Crippen LogP contribution < -0.4 is 20.7 Å². The summed E-state index contributed by atoms with van der Waals surface area (Å²) in [6, 6.07) is 15.0. The highest BCUT2D eigenvalue weighted by Gasteiger charge is 2.45. The van der Waals surface area contributed by atoms with E-state index >= 15 is 0 Å². The summed E-state index contributed by atoms with van der Waals surface area (Å²) in [4.78, 5) is 27.8. The minimum absolute atomic E-state index is 0.0427. The molecule has 2 aromatic carbocycles. The molecule has 1 aromatic heterocycles. The number of halogens is 1. The van der Waals surface area contributed by atoms with E-state index in [0.29, 0.717) is 45.0 Å². The summed E-state index contributed by atoms with van der Waals surface area (Å²) in [5, 5.41) is 21.9. The van der Waals surface area contributed by atoms with Crippen molar-refractivity contribution in [2.75, 3.05) is 23.1 Å². The van der Waals surface area contributed by atoms with E-state index in [1.54, 1.807) is 24.1 Å². The highest BCUT2D eigenvalue weighted by molar-refractivity contribution is 8.01. The van der Waals surface area contributed by atoms with Gasteiger partial charge in [-0.15, -0.1) is 10.2 Å². The van der Waals surface area contributed by atoms with E-state index in [1.807, 2.05) is 26.0 Å². The molecule has 0 saturated carbocycles. The van der Waals surface area contributed by atoms with Gasteiger partial charge in [0.05, 0.1) is 30.4 Å². The van der Waals surface area contributed by atoms with Gasteiger partial charge in [0.2, 0.25) is 11.0 Å². The van der Waals surface area contributed by atoms with Crippen LogP contribution in [0.15, 0.2) is 75.5 Å². The number of ketones is 1. The molecule has 0 fully saturated rings. The second-order valence-electron chi connectivity index (χ2n) is 10.4. The number of carbonyl (C=O) groups is 2. The highest BCUT2D eigenvalue weighted by atomic mass is 32.2. The van der Waals surface area contributed by atoms with Crippen LogP contribution in [-0.4, -0.2) is 34.8 Å². The van der Waals surface area contributed by atoms with Crippen LogP contribution in [0.5, 0.6) is 5.75 Å². The molecular weight excluding hydrogens is 563 g/mol. The number of amides is 1. The van der Waals surface area contributed by atoms with Crippen LogP contribution in [0.1, 0.15) is 38.2 Å². The van der Waals surface area contributed by atoms with Crippen LogP contribution in [0.3, 0.4) is 0 Å². The lowest BCUT2D eigenvalue weighted by Crippen LogP contribution is -2.42. The largest absolute Gasteiger partial charge is 0.497 e. The molecule has 2 aliphatic rings. The van der Waals surface area contributed by atoms with Gasteiger partial charge in [0, 0.05) is 23.4 Å². The Bertz CT molecular complexity index is 1610. The fourth-order valence-electron chi connectivity index (χ4n) is 5.07. The van der Waals surface area contributed by atoms with Crippen molar-refractivity contribution < 1.29 is 18.7 Å². The summed E-state index contributed by atoms with van der Waals surface area (Å²) >= 11 is 2.41. The number of allylic oxidation sites excluding steroid dienone is 3. The maximum absolute atomic E-state index is 13.7. The summed E-state index contributed by atoms with van der Waals surface area (Å²) in [6.07, 6.45) is 0.883. The number of hydrogen-bond donors (Lipinski definition) is 2. The standard InChI is InChI=1S/C29H27FN6O3S2/c1-29(2)12-21-25(22(37)13-29)24(16-4-10-19(39-3)11-5-16)20(14-31)26(32)36(21)27-34-35-28(41-27)40-15-23(38)33-18-8-6-17(30)7-9-18/h4-11,24H,12-13,15,32H2,1-3H3,(H,33,38). The van der Waals surface area contributed by atoms with Gasteiger partial charge >= 0.3 is 0 Å². The van der Waals surface area contributed by atoms with Crippen LogP contribution in [0, 0.1) is 22.6 Å². The third-order valence-corrected chi connectivity index (χ3v) is 8.91. The minimum Gasteiger partial charge on any atom is -0.497 e. The van der Waals surface area contributed by atoms with Crippen molar-refractivity contribution in [1.82, 2.24) is 10.2 Å². The molecule has 1 unspecified atom stereocenters. The van der Waals surface area contributed by atoms with Crippen molar-refractivity contribution in [3.8, 4) is 11.8 Å². The molecule has 0 bridgehead atoms. The van der Waals surface area contributed by atoms with Gasteiger partial charge in [0.15, 0.2) is 10.1 Å². The highest BCUT2D eigenvalue weighted by Crippen LogP contribution is 2.50. The lowest BCUT2D eigenvalue weighted by molar-refractivity contribution is -0.118. The Morgan fingerprint density at radius 2 is 1.93 bits per heavy atom. The van der Waals surface area contributed by atoms with Crippen LogP contribution >= 0.6 is 23.1 Å². The third-order valence-electron chi connectivity index (χ3n) is 6.87. The van der Waals surface area contributed by atoms with Gasteiger partial charge in [0.25, 0.3) is 0 Å². The minimum atomic E-state index is -0.613. The molecule has 1 amide bonds. The van der Waals surface area contributed by atoms with Crippen molar-refractivity contribution in [1.29, 1.82) is 5.26 Å². The normalized spacial score (nSPS) is 18.2. The van der Waals surface area contributed by atoms with E-state index in [-0.39, 0.29) is 40.1 Å². The molecule has 1 atom stereocenters. The fourth-order valence-corrected chi connectivity index (χ4v) is 6.75. The Kier molecular flexibility index (Phi) is 7.84. The van der Waals surface area contributed by atoms with Gasteiger partial charge in [-0.25, -0.2) is 4.39 Å². The Morgan fingerprint density at radius 3 is 2.59 bits per heavy atom. The summed E-state index contributed by atoms with van der Waals surface area (Å²) in [5.74, 6) is -0.414. The quantitative estimate of drug-likeness (QED) is 0.349. The number of anilines is 2. The molecule has 0 radical (unpaired) electrons. The number of hydrogen-bond acceptors (Lipinski definition) is 10. The lowest BCUT2D eigenvalue weighted by Gasteiger charge is -2.42. The zero-order valence-electron chi connectivity index (χ0n) is 22.6. The van der Waals surface area contributed by atoms with Gasteiger partial charge < -0.3 is 15.8 Å². The smallest absolute Gasteiger partial charge is 0.234 e. The number of carbonyl (C=O) groups excluding carboxylic acids is 2. The van der Waals surface area contributed by atoms with Gasteiger partial charge in [-0.3, -0.25) is 14.5 Å². The average Bonchev–Trinajstić information content (AvgIpc) is 3.40. The molecule has 2 heterocycles. The average molecular weight is 591 g/mol. The second kappa shape index (κ2) is 11.3. The van der Waals surface area contributed by atoms with Crippen molar-refractivity contribution in [2.45, 2.75) is 36.9 Å². The first kappa shape index (κ1) is 28.3. The van der Waals surface area contributed by atoms with Crippen molar-refractivity contribution in [2.24, 2.45) is 11.1 Å². The first-order valence-corrected chi connectivity index (χ1v) is 14.5. The first-order valence-electron chi connectivity index (χ1n) is 12.7. The van der Waals surface area contributed by atoms with Crippen molar-refractivity contribution >= 4 is 45.6 Å². The van der Waals surface area contributed by atoms with Crippen LogP contribution in [0.2, 0.25) is 0 Å².